The summed E-state index contributed by atoms with van der Waals surface area (Å²) in [6.45, 7) is 1.89. The summed E-state index contributed by atoms with van der Waals surface area (Å²) in [5, 5.41) is 15.1. The van der Waals surface area contributed by atoms with Gasteiger partial charge in [-0.3, -0.25) is 0 Å². The molecule has 19 heavy (non-hydrogen) atoms. The highest BCUT2D eigenvalue weighted by Crippen LogP contribution is 2.24. The fourth-order valence-electron chi connectivity index (χ4n) is 1.60. The number of hydrogen-bond donors (Lipinski definition) is 2. The molecule has 0 amide bonds. The molecule has 0 saturated carbocycles. The van der Waals surface area contributed by atoms with E-state index in [0.29, 0.717) is 23.0 Å². The van der Waals surface area contributed by atoms with Gasteiger partial charge in [0.2, 0.25) is 5.95 Å². The predicted octanol–water partition coefficient (Wildman–Crippen LogP) is 3.20. The van der Waals surface area contributed by atoms with E-state index in [9.17, 15) is 0 Å². The Balaban J connectivity index is 2.38. The number of halogens is 1. The average Bonchev–Trinajstić information content (AvgIpc) is 2.38. The molecule has 2 N–H and O–H groups in total. The Labute approximate surface area is 119 Å². The normalized spacial score (nSPS) is 9.79. The highest BCUT2D eigenvalue weighted by Gasteiger charge is 2.06. The zero-order chi connectivity index (χ0) is 13.8. The largest absolute Gasteiger partial charge is 0.357 e. The number of benzene rings is 1. The van der Waals surface area contributed by atoms with Crippen LogP contribution in [0.1, 0.15) is 11.3 Å². The van der Waals surface area contributed by atoms with Crippen LogP contribution in [0.15, 0.2) is 28.7 Å². The van der Waals surface area contributed by atoms with Gasteiger partial charge in [-0.2, -0.15) is 10.2 Å². The van der Waals surface area contributed by atoms with Gasteiger partial charge in [-0.1, -0.05) is 15.9 Å². The fraction of sp³-hybridized carbons (Fsp3) is 0.154. The molecule has 1 aromatic carbocycles. The molecule has 0 saturated heterocycles. The lowest BCUT2D eigenvalue weighted by Crippen LogP contribution is -2.02. The van der Waals surface area contributed by atoms with Gasteiger partial charge < -0.3 is 10.6 Å². The third-order valence-electron chi connectivity index (χ3n) is 2.44. The summed E-state index contributed by atoms with van der Waals surface area (Å²) in [6, 6.07) is 9.39. The lowest BCUT2D eigenvalue weighted by molar-refractivity contribution is 1.10. The van der Waals surface area contributed by atoms with Crippen LogP contribution in [-0.4, -0.2) is 17.0 Å². The molecule has 96 valence electrons. The van der Waals surface area contributed by atoms with E-state index in [1.807, 2.05) is 25.1 Å². The van der Waals surface area contributed by atoms with E-state index < -0.39 is 0 Å². The second-order valence-corrected chi connectivity index (χ2v) is 4.81. The molecule has 0 fully saturated rings. The number of rotatable bonds is 3. The van der Waals surface area contributed by atoms with Gasteiger partial charge in [0, 0.05) is 23.3 Å². The zero-order valence-electron chi connectivity index (χ0n) is 10.5. The van der Waals surface area contributed by atoms with Crippen LogP contribution in [0.4, 0.5) is 17.5 Å². The summed E-state index contributed by atoms with van der Waals surface area (Å²) in [6.07, 6.45) is 0. The first-order chi connectivity index (χ1) is 9.12. The lowest BCUT2D eigenvalue weighted by atomic mass is 10.2. The van der Waals surface area contributed by atoms with Gasteiger partial charge in [0.15, 0.2) is 0 Å². The number of nitrogens with one attached hydrogen (secondary N) is 2. The number of aromatic nitrogens is 2. The molecular formula is C13H12BrN5. The zero-order valence-corrected chi connectivity index (χ0v) is 12.1. The number of hydrogen-bond acceptors (Lipinski definition) is 5. The molecule has 2 rings (SSSR count). The van der Waals surface area contributed by atoms with Crippen molar-refractivity contribution in [3.8, 4) is 6.07 Å². The Morgan fingerprint density at radius 1 is 1.26 bits per heavy atom. The topological polar surface area (TPSA) is 73.6 Å². The minimum absolute atomic E-state index is 0.538. The first kappa shape index (κ1) is 13.3. The molecule has 0 aliphatic heterocycles. The second kappa shape index (κ2) is 5.67. The Morgan fingerprint density at radius 2 is 2.05 bits per heavy atom. The van der Waals surface area contributed by atoms with Crippen molar-refractivity contribution in [2.75, 3.05) is 17.7 Å². The van der Waals surface area contributed by atoms with Crippen LogP contribution in [0.5, 0.6) is 0 Å². The van der Waals surface area contributed by atoms with Crippen molar-refractivity contribution in [1.29, 1.82) is 5.26 Å². The number of nitrogens with zero attached hydrogens (tertiary/aromatic N) is 3. The van der Waals surface area contributed by atoms with Gasteiger partial charge in [-0.15, -0.1) is 0 Å². The van der Waals surface area contributed by atoms with Crippen molar-refractivity contribution in [2.24, 2.45) is 0 Å². The minimum atomic E-state index is 0.538. The molecule has 5 nitrogen and oxygen atoms in total. The SMILES string of the molecule is CNc1nc(C)cc(Nc2cc(Br)ccc2C#N)n1. The summed E-state index contributed by atoms with van der Waals surface area (Å²) in [4.78, 5) is 8.51. The summed E-state index contributed by atoms with van der Waals surface area (Å²) >= 11 is 3.39. The second-order valence-electron chi connectivity index (χ2n) is 3.89. The Hall–Kier alpha value is -2.13. The fourth-order valence-corrected chi connectivity index (χ4v) is 1.96. The van der Waals surface area contributed by atoms with E-state index in [1.54, 1.807) is 13.1 Å². The molecular weight excluding hydrogens is 306 g/mol. The van der Waals surface area contributed by atoms with Crippen LogP contribution in [0.2, 0.25) is 0 Å². The molecule has 0 spiro atoms. The summed E-state index contributed by atoms with van der Waals surface area (Å²) < 4.78 is 0.897. The molecule has 0 atom stereocenters. The van der Waals surface area contributed by atoms with E-state index in [0.717, 1.165) is 10.2 Å². The van der Waals surface area contributed by atoms with Crippen molar-refractivity contribution in [3.05, 3.63) is 40.0 Å². The molecule has 2 aromatic rings. The van der Waals surface area contributed by atoms with Crippen molar-refractivity contribution >= 4 is 33.4 Å². The first-order valence-electron chi connectivity index (χ1n) is 5.62. The monoisotopic (exact) mass is 317 g/mol. The third kappa shape index (κ3) is 3.20. The van der Waals surface area contributed by atoms with Crippen molar-refractivity contribution in [2.45, 2.75) is 6.92 Å². The maximum absolute atomic E-state index is 9.09. The molecule has 0 radical (unpaired) electrons. The van der Waals surface area contributed by atoms with E-state index in [-0.39, 0.29) is 0 Å². The van der Waals surface area contributed by atoms with Crippen LogP contribution in [0.25, 0.3) is 0 Å². The molecule has 0 aliphatic carbocycles. The Morgan fingerprint density at radius 3 is 2.74 bits per heavy atom. The highest BCUT2D eigenvalue weighted by molar-refractivity contribution is 9.10. The van der Waals surface area contributed by atoms with Crippen LogP contribution >= 0.6 is 15.9 Å². The number of aryl methyl sites for hydroxylation is 1. The standard InChI is InChI=1S/C13H12BrN5/c1-8-5-12(19-13(16-2)17-8)18-11-6-10(14)4-3-9(11)7-15/h3-6H,1-2H3,(H2,16,17,18,19). The molecule has 1 heterocycles. The van der Waals surface area contributed by atoms with E-state index >= 15 is 0 Å². The van der Waals surface area contributed by atoms with E-state index in [2.05, 4.69) is 42.6 Å². The lowest BCUT2D eigenvalue weighted by Gasteiger charge is -2.10. The Kier molecular flexibility index (Phi) is 3.97. The highest BCUT2D eigenvalue weighted by atomic mass is 79.9. The van der Waals surface area contributed by atoms with Crippen molar-refractivity contribution in [3.63, 3.8) is 0 Å². The molecule has 6 heteroatoms. The molecule has 0 unspecified atom stereocenters. The van der Waals surface area contributed by atoms with Gasteiger partial charge >= 0.3 is 0 Å². The summed E-state index contributed by atoms with van der Waals surface area (Å²) in [7, 11) is 1.76. The van der Waals surface area contributed by atoms with Gasteiger partial charge in [0.25, 0.3) is 0 Å². The van der Waals surface area contributed by atoms with Crippen LogP contribution < -0.4 is 10.6 Å². The van der Waals surface area contributed by atoms with Gasteiger partial charge in [-0.25, -0.2) is 4.98 Å². The van der Waals surface area contributed by atoms with Crippen LogP contribution in [-0.2, 0) is 0 Å². The summed E-state index contributed by atoms with van der Waals surface area (Å²) in [5.41, 5.74) is 2.11. The first-order valence-corrected chi connectivity index (χ1v) is 6.42. The molecule has 1 aromatic heterocycles. The smallest absolute Gasteiger partial charge is 0.224 e. The number of anilines is 3. The number of nitriles is 1. The average molecular weight is 318 g/mol. The van der Waals surface area contributed by atoms with Gasteiger partial charge in [0.1, 0.15) is 11.9 Å². The molecule has 0 bridgehead atoms. The minimum Gasteiger partial charge on any atom is -0.357 e. The third-order valence-corrected chi connectivity index (χ3v) is 2.94. The maximum Gasteiger partial charge on any atom is 0.224 e. The predicted molar refractivity (Wildman–Crippen MR) is 78.5 cm³/mol. The Bertz CT molecular complexity index is 648. The van der Waals surface area contributed by atoms with E-state index in [4.69, 9.17) is 5.26 Å². The maximum atomic E-state index is 9.09. The molecule has 0 aliphatic rings. The van der Waals surface area contributed by atoms with Crippen molar-refractivity contribution < 1.29 is 0 Å². The van der Waals surface area contributed by atoms with Crippen LogP contribution in [0.3, 0.4) is 0 Å². The van der Waals surface area contributed by atoms with Crippen LogP contribution in [0, 0.1) is 18.3 Å². The van der Waals surface area contributed by atoms with E-state index in [1.165, 1.54) is 0 Å². The van der Waals surface area contributed by atoms with Crippen molar-refractivity contribution in [1.82, 2.24) is 9.97 Å². The van der Waals surface area contributed by atoms with Gasteiger partial charge in [-0.05, 0) is 25.1 Å². The van der Waals surface area contributed by atoms with Gasteiger partial charge in [0.05, 0.1) is 11.3 Å². The summed E-state index contributed by atoms with van der Waals surface area (Å²) in [5.74, 6) is 1.18. The quantitative estimate of drug-likeness (QED) is 0.909.